The first kappa shape index (κ1) is 17.0. The van der Waals surface area contributed by atoms with Crippen molar-refractivity contribution in [3.63, 3.8) is 0 Å². The smallest absolute Gasteiger partial charge is 0.183 e. The number of aliphatic hydroxyl groups is 1. The molecule has 6 heteroatoms. The van der Waals surface area contributed by atoms with E-state index in [-0.39, 0.29) is 12.4 Å². The maximum Gasteiger partial charge on any atom is 0.183 e. The molecule has 3 aromatic rings. The lowest BCUT2D eigenvalue weighted by atomic mass is 10.1. The third kappa shape index (κ3) is 3.80. The Hall–Kier alpha value is -2.86. The number of aromatic nitrogens is 3. The number of aryl methyl sites for hydroxylation is 1. The van der Waals surface area contributed by atoms with Gasteiger partial charge in [0, 0.05) is 24.7 Å². The van der Waals surface area contributed by atoms with Gasteiger partial charge < -0.3 is 10.0 Å². The summed E-state index contributed by atoms with van der Waals surface area (Å²) in [7, 11) is 1.84. The van der Waals surface area contributed by atoms with E-state index in [1.54, 1.807) is 12.1 Å². The lowest BCUT2D eigenvalue weighted by molar-refractivity contribution is 0.304. The van der Waals surface area contributed by atoms with Gasteiger partial charge in [-0.1, -0.05) is 29.8 Å². The van der Waals surface area contributed by atoms with Crippen LogP contribution in [0, 0.1) is 12.7 Å². The zero-order chi connectivity index (χ0) is 17.8. The van der Waals surface area contributed by atoms with E-state index in [2.05, 4.69) is 15.2 Å². The third-order valence-electron chi connectivity index (χ3n) is 3.89. The van der Waals surface area contributed by atoms with E-state index in [0.29, 0.717) is 29.4 Å². The lowest BCUT2D eigenvalue weighted by Gasteiger charge is -2.20. The molecule has 0 aliphatic rings. The minimum atomic E-state index is -0.314. The molecule has 5 nitrogen and oxygen atoms in total. The SMILES string of the molecule is Cc1ccc(-c2nnc(-c3ccc(F)cc3)nc2N(C)CCO)cc1. The Bertz CT molecular complexity index is 850. The van der Waals surface area contributed by atoms with Crippen molar-refractivity contribution in [1.29, 1.82) is 0 Å². The van der Waals surface area contributed by atoms with E-state index in [4.69, 9.17) is 0 Å². The third-order valence-corrected chi connectivity index (χ3v) is 3.89. The highest BCUT2D eigenvalue weighted by Crippen LogP contribution is 2.28. The number of hydrogen-bond donors (Lipinski definition) is 1. The summed E-state index contributed by atoms with van der Waals surface area (Å²) in [6.07, 6.45) is 0. The molecular formula is C19H19FN4O. The Kier molecular flexibility index (Phi) is 5.00. The second-order valence-corrected chi connectivity index (χ2v) is 5.83. The highest BCUT2D eigenvalue weighted by Gasteiger charge is 2.16. The van der Waals surface area contributed by atoms with Crippen LogP contribution in [-0.4, -0.2) is 40.5 Å². The predicted molar refractivity (Wildman–Crippen MR) is 95.7 cm³/mol. The van der Waals surface area contributed by atoms with Gasteiger partial charge in [-0.2, -0.15) is 0 Å². The average molecular weight is 338 g/mol. The van der Waals surface area contributed by atoms with Crippen LogP contribution in [0.15, 0.2) is 48.5 Å². The molecular weight excluding hydrogens is 319 g/mol. The van der Waals surface area contributed by atoms with Gasteiger partial charge in [0.25, 0.3) is 0 Å². The minimum absolute atomic E-state index is 0.000276. The van der Waals surface area contributed by atoms with E-state index in [1.165, 1.54) is 12.1 Å². The fourth-order valence-electron chi connectivity index (χ4n) is 2.46. The zero-order valence-corrected chi connectivity index (χ0v) is 14.1. The molecule has 0 aliphatic heterocycles. The predicted octanol–water partition coefficient (Wildman–Crippen LogP) is 3.08. The van der Waals surface area contributed by atoms with Gasteiger partial charge in [-0.3, -0.25) is 0 Å². The van der Waals surface area contributed by atoms with Crippen molar-refractivity contribution in [1.82, 2.24) is 15.2 Å². The molecule has 0 saturated carbocycles. The number of likely N-dealkylation sites (N-methyl/N-ethyl adjacent to an activating group) is 1. The van der Waals surface area contributed by atoms with Crippen molar-refractivity contribution in [3.8, 4) is 22.6 Å². The van der Waals surface area contributed by atoms with Gasteiger partial charge in [0.1, 0.15) is 11.5 Å². The molecule has 0 aliphatic carbocycles. The van der Waals surface area contributed by atoms with E-state index in [9.17, 15) is 9.50 Å². The summed E-state index contributed by atoms with van der Waals surface area (Å²) >= 11 is 0. The molecule has 0 radical (unpaired) electrons. The molecule has 0 fully saturated rings. The number of aliphatic hydroxyl groups excluding tert-OH is 1. The Labute approximate surface area is 145 Å². The average Bonchev–Trinajstić information content (AvgIpc) is 2.63. The minimum Gasteiger partial charge on any atom is -0.395 e. The topological polar surface area (TPSA) is 62.1 Å². The molecule has 2 aromatic carbocycles. The standard InChI is InChI=1S/C19H19FN4O/c1-13-3-5-14(6-4-13)17-19(24(2)11-12-25)21-18(23-22-17)15-7-9-16(20)10-8-15/h3-10,25H,11-12H2,1-2H3. The quantitative estimate of drug-likeness (QED) is 0.775. The van der Waals surface area contributed by atoms with E-state index in [0.717, 1.165) is 11.1 Å². The maximum atomic E-state index is 13.1. The van der Waals surface area contributed by atoms with Crippen LogP contribution in [0.1, 0.15) is 5.56 Å². The number of anilines is 1. The Balaban J connectivity index is 2.08. The van der Waals surface area contributed by atoms with Gasteiger partial charge in [-0.05, 0) is 31.2 Å². The van der Waals surface area contributed by atoms with E-state index >= 15 is 0 Å². The van der Waals surface area contributed by atoms with Crippen LogP contribution < -0.4 is 4.90 Å². The van der Waals surface area contributed by atoms with Crippen LogP contribution in [0.5, 0.6) is 0 Å². The van der Waals surface area contributed by atoms with Crippen LogP contribution in [0.2, 0.25) is 0 Å². The van der Waals surface area contributed by atoms with Gasteiger partial charge in [-0.25, -0.2) is 9.37 Å². The number of halogens is 1. The molecule has 128 valence electrons. The van der Waals surface area contributed by atoms with Crippen LogP contribution in [0.3, 0.4) is 0 Å². The fraction of sp³-hybridized carbons (Fsp3) is 0.211. The summed E-state index contributed by atoms with van der Waals surface area (Å²) < 4.78 is 13.1. The number of benzene rings is 2. The van der Waals surface area contributed by atoms with E-state index in [1.807, 2.05) is 43.1 Å². The van der Waals surface area contributed by atoms with Crippen molar-refractivity contribution in [2.45, 2.75) is 6.92 Å². The van der Waals surface area contributed by atoms with E-state index < -0.39 is 0 Å². The van der Waals surface area contributed by atoms with Crippen LogP contribution >= 0.6 is 0 Å². The fourth-order valence-corrected chi connectivity index (χ4v) is 2.46. The molecule has 0 saturated heterocycles. The van der Waals surface area contributed by atoms with Gasteiger partial charge in [0.2, 0.25) is 0 Å². The highest BCUT2D eigenvalue weighted by molar-refractivity contribution is 5.73. The zero-order valence-electron chi connectivity index (χ0n) is 14.1. The molecule has 0 amide bonds. The molecule has 1 aromatic heterocycles. The summed E-state index contributed by atoms with van der Waals surface area (Å²) in [6, 6.07) is 13.9. The molecule has 0 unspecified atom stereocenters. The first-order chi connectivity index (χ1) is 12.1. The first-order valence-electron chi connectivity index (χ1n) is 7.98. The summed E-state index contributed by atoms with van der Waals surface area (Å²) in [5, 5.41) is 17.8. The molecule has 0 atom stereocenters. The normalized spacial score (nSPS) is 10.7. The second-order valence-electron chi connectivity index (χ2n) is 5.83. The Morgan fingerprint density at radius 3 is 2.24 bits per heavy atom. The summed E-state index contributed by atoms with van der Waals surface area (Å²) in [4.78, 5) is 6.44. The molecule has 1 heterocycles. The van der Waals surface area contributed by atoms with Crippen molar-refractivity contribution < 1.29 is 9.50 Å². The Morgan fingerprint density at radius 2 is 1.60 bits per heavy atom. The molecule has 0 spiro atoms. The molecule has 0 bridgehead atoms. The van der Waals surface area contributed by atoms with Gasteiger partial charge in [0.15, 0.2) is 11.6 Å². The van der Waals surface area contributed by atoms with Crippen LogP contribution in [0.4, 0.5) is 10.2 Å². The molecule has 3 rings (SSSR count). The monoisotopic (exact) mass is 338 g/mol. The first-order valence-corrected chi connectivity index (χ1v) is 7.98. The van der Waals surface area contributed by atoms with Crippen molar-refractivity contribution in [2.75, 3.05) is 25.1 Å². The van der Waals surface area contributed by atoms with Crippen LogP contribution in [0.25, 0.3) is 22.6 Å². The highest BCUT2D eigenvalue weighted by atomic mass is 19.1. The Morgan fingerprint density at radius 1 is 0.960 bits per heavy atom. The second kappa shape index (κ2) is 7.36. The molecule has 1 N–H and O–H groups in total. The summed E-state index contributed by atoms with van der Waals surface area (Å²) in [5.74, 6) is 0.716. The number of rotatable bonds is 5. The molecule has 25 heavy (non-hydrogen) atoms. The van der Waals surface area contributed by atoms with Gasteiger partial charge in [-0.15, -0.1) is 10.2 Å². The van der Waals surface area contributed by atoms with Crippen molar-refractivity contribution >= 4 is 5.82 Å². The van der Waals surface area contributed by atoms with Crippen molar-refractivity contribution in [3.05, 3.63) is 59.9 Å². The van der Waals surface area contributed by atoms with Crippen molar-refractivity contribution in [2.24, 2.45) is 0 Å². The summed E-state index contributed by atoms with van der Waals surface area (Å²) in [5.41, 5.74) is 3.37. The summed E-state index contributed by atoms with van der Waals surface area (Å²) in [6.45, 7) is 2.43. The largest absolute Gasteiger partial charge is 0.395 e. The number of hydrogen-bond acceptors (Lipinski definition) is 5. The van der Waals surface area contributed by atoms with Gasteiger partial charge in [0.05, 0.1) is 6.61 Å². The van der Waals surface area contributed by atoms with Gasteiger partial charge >= 0.3 is 0 Å². The van der Waals surface area contributed by atoms with Crippen LogP contribution in [-0.2, 0) is 0 Å². The maximum absolute atomic E-state index is 13.1. The number of nitrogens with zero attached hydrogens (tertiary/aromatic N) is 4. The lowest BCUT2D eigenvalue weighted by Crippen LogP contribution is -2.24.